The molecule has 7 heteroatoms. The van der Waals surface area contributed by atoms with Gasteiger partial charge in [0.2, 0.25) is 0 Å². The summed E-state index contributed by atoms with van der Waals surface area (Å²) in [7, 11) is 1.61. The van der Waals surface area contributed by atoms with Gasteiger partial charge in [-0.25, -0.2) is 0 Å². The van der Waals surface area contributed by atoms with Crippen LogP contribution in [0, 0.1) is 0 Å². The molecule has 0 saturated heterocycles. The molecule has 0 saturated carbocycles. The minimum atomic E-state index is -4.67. The van der Waals surface area contributed by atoms with E-state index in [9.17, 15) is 13.2 Å². The molecule has 0 aromatic heterocycles. The van der Waals surface area contributed by atoms with Crippen molar-refractivity contribution in [1.29, 1.82) is 0 Å². The first-order valence-corrected chi connectivity index (χ1v) is 7.64. The van der Waals surface area contributed by atoms with Crippen molar-refractivity contribution >= 4 is 11.6 Å². The molecule has 0 unspecified atom stereocenters. The smallest absolute Gasteiger partial charge is 0.496 e. The molecule has 2 aromatic rings. The summed E-state index contributed by atoms with van der Waals surface area (Å²) in [5, 5.41) is 0.626. The standard InChI is InChI=1S/C17H15ClF3NO2/c1-23-16-7-13(18)6-12-9-22(10-15(12)16)8-11-2-4-14(5-3-11)24-17(19,20)21/h2-7H,8-10H2,1H3. The molecule has 0 amide bonds. The van der Waals surface area contributed by atoms with Gasteiger partial charge in [-0.05, 0) is 35.4 Å². The Morgan fingerprint density at radius 2 is 1.83 bits per heavy atom. The van der Waals surface area contributed by atoms with Gasteiger partial charge in [-0.3, -0.25) is 4.90 Å². The topological polar surface area (TPSA) is 21.7 Å². The average Bonchev–Trinajstić information content (AvgIpc) is 2.89. The summed E-state index contributed by atoms with van der Waals surface area (Å²) < 4.78 is 45.8. The van der Waals surface area contributed by atoms with E-state index in [1.165, 1.54) is 12.1 Å². The van der Waals surface area contributed by atoms with Crippen LogP contribution < -0.4 is 9.47 Å². The van der Waals surface area contributed by atoms with E-state index < -0.39 is 6.36 Å². The van der Waals surface area contributed by atoms with Gasteiger partial charge in [0.05, 0.1) is 7.11 Å². The molecule has 1 heterocycles. The van der Waals surface area contributed by atoms with Crippen LogP contribution in [0.4, 0.5) is 13.2 Å². The van der Waals surface area contributed by atoms with Gasteiger partial charge in [0.1, 0.15) is 11.5 Å². The van der Waals surface area contributed by atoms with Crippen LogP contribution in [-0.4, -0.2) is 18.4 Å². The number of rotatable bonds is 4. The monoisotopic (exact) mass is 357 g/mol. The molecular weight excluding hydrogens is 343 g/mol. The molecule has 128 valence electrons. The second-order valence-corrected chi connectivity index (χ2v) is 6.02. The highest BCUT2D eigenvalue weighted by atomic mass is 35.5. The van der Waals surface area contributed by atoms with Gasteiger partial charge in [0.15, 0.2) is 0 Å². The Morgan fingerprint density at radius 3 is 2.46 bits per heavy atom. The Morgan fingerprint density at radius 1 is 1.12 bits per heavy atom. The van der Waals surface area contributed by atoms with Gasteiger partial charge in [-0.1, -0.05) is 23.7 Å². The van der Waals surface area contributed by atoms with Crippen LogP contribution >= 0.6 is 11.6 Å². The maximum Gasteiger partial charge on any atom is 0.573 e. The number of halogens is 4. The van der Waals surface area contributed by atoms with Gasteiger partial charge < -0.3 is 9.47 Å². The van der Waals surface area contributed by atoms with Crippen molar-refractivity contribution < 1.29 is 22.6 Å². The largest absolute Gasteiger partial charge is 0.573 e. The normalized spacial score (nSPS) is 14.5. The fourth-order valence-corrected chi connectivity index (χ4v) is 3.09. The van der Waals surface area contributed by atoms with Crippen molar-refractivity contribution in [3.05, 3.63) is 58.1 Å². The highest BCUT2D eigenvalue weighted by Gasteiger charge is 2.31. The fourth-order valence-electron chi connectivity index (χ4n) is 2.86. The summed E-state index contributed by atoms with van der Waals surface area (Å²) in [6, 6.07) is 9.61. The number of alkyl halides is 3. The molecule has 24 heavy (non-hydrogen) atoms. The zero-order chi connectivity index (χ0) is 17.3. The maximum absolute atomic E-state index is 12.2. The summed E-state index contributed by atoms with van der Waals surface area (Å²) in [6.45, 7) is 2.03. The van der Waals surface area contributed by atoms with Crippen LogP contribution in [0.1, 0.15) is 16.7 Å². The third kappa shape index (κ3) is 3.94. The number of hydrogen-bond donors (Lipinski definition) is 0. The molecule has 0 aliphatic carbocycles. The molecule has 3 rings (SSSR count). The van der Waals surface area contributed by atoms with Crippen molar-refractivity contribution in [3.63, 3.8) is 0 Å². The quantitative estimate of drug-likeness (QED) is 0.787. The summed E-state index contributed by atoms with van der Waals surface area (Å²) >= 11 is 6.08. The van der Waals surface area contributed by atoms with E-state index in [4.69, 9.17) is 16.3 Å². The van der Waals surface area contributed by atoms with Crippen LogP contribution in [0.3, 0.4) is 0 Å². The molecule has 0 radical (unpaired) electrons. The summed E-state index contributed by atoms with van der Waals surface area (Å²) in [5.74, 6) is 0.540. The number of hydrogen-bond acceptors (Lipinski definition) is 3. The predicted octanol–water partition coefficient (Wildman–Crippen LogP) is 4.76. The molecule has 0 spiro atoms. The predicted molar refractivity (Wildman–Crippen MR) is 84.1 cm³/mol. The van der Waals surface area contributed by atoms with Crippen molar-refractivity contribution in [2.24, 2.45) is 0 Å². The van der Waals surface area contributed by atoms with Crippen LogP contribution in [0.2, 0.25) is 5.02 Å². The highest BCUT2D eigenvalue weighted by molar-refractivity contribution is 6.30. The SMILES string of the molecule is COc1cc(Cl)cc2c1CN(Cc1ccc(OC(F)(F)F)cc1)C2. The van der Waals surface area contributed by atoms with E-state index in [1.54, 1.807) is 25.3 Å². The maximum atomic E-state index is 12.2. The van der Waals surface area contributed by atoms with E-state index in [-0.39, 0.29) is 5.75 Å². The van der Waals surface area contributed by atoms with Crippen LogP contribution in [0.25, 0.3) is 0 Å². The van der Waals surface area contributed by atoms with Crippen LogP contribution in [0.5, 0.6) is 11.5 Å². The van der Waals surface area contributed by atoms with E-state index in [0.717, 1.165) is 22.4 Å². The number of methoxy groups -OCH3 is 1. The molecule has 2 aromatic carbocycles. The number of nitrogens with zero attached hydrogens (tertiary/aromatic N) is 1. The van der Waals surface area contributed by atoms with Crippen molar-refractivity contribution in [2.45, 2.75) is 26.0 Å². The Bertz CT molecular complexity index is 732. The number of fused-ring (bicyclic) bond motifs is 1. The highest BCUT2D eigenvalue weighted by Crippen LogP contribution is 2.34. The average molecular weight is 358 g/mol. The van der Waals surface area contributed by atoms with Crippen molar-refractivity contribution in [3.8, 4) is 11.5 Å². The lowest BCUT2D eigenvalue weighted by Crippen LogP contribution is -2.17. The molecule has 1 aliphatic heterocycles. The van der Waals surface area contributed by atoms with Gasteiger partial charge >= 0.3 is 6.36 Å². The summed E-state index contributed by atoms with van der Waals surface area (Å²) in [5.41, 5.74) is 3.11. The lowest BCUT2D eigenvalue weighted by Gasteiger charge is -2.15. The first-order valence-electron chi connectivity index (χ1n) is 7.26. The van der Waals surface area contributed by atoms with Crippen molar-refractivity contribution in [2.75, 3.05) is 7.11 Å². The molecule has 3 nitrogen and oxygen atoms in total. The molecule has 0 atom stereocenters. The van der Waals surface area contributed by atoms with Gasteiger partial charge in [-0.15, -0.1) is 13.2 Å². The second kappa shape index (κ2) is 6.53. The Balaban J connectivity index is 1.68. The zero-order valence-electron chi connectivity index (χ0n) is 12.9. The van der Waals surface area contributed by atoms with Gasteiger partial charge in [0.25, 0.3) is 0 Å². The molecule has 0 fully saturated rings. The molecular formula is C17H15ClF3NO2. The minimum Gasteiger partial charge on any atom is -0.496 e. The first kappa shape index (κ1) is 16.9. The first-order chi connectivity index (χ1) is 11.3. The van der Waals surface area contributed by atoms with Crippen LogP contribution in [-0.2, 0) is 19.6 Å². The van der Waals surface area contributed by atoms with Gasteiger partial charge in [-0.2, -0.15) is 0 Å². The van der Waals surface area contributed by atoms with E-state index >= 15 is 0 Å². The lowest BCUT2D eigenvalue weighted by molar-refractivity contribution is -0.274. The van der Waals surface area contributed by atoms with Crippen molar-refractivity contribution in [1.82, 2.24) is 4.90 Å². The van der Waals surface area contributed by atoms with E-state index in [2.05, 4.69) is 9.64 Å². The van der Waals surface area contributed by atoms with E-state index in [1.807, 2.05) is 6.07 Å². The van der Waals surface area contributed by atoms with Gasteiger partial charge in [0, 0.05) is 30.2 Å². The molecule has 1 aliphatic rings. The number of benzene rings is 2. The molecule has 0 N–H and O–H groups in total. The lowest BCUT2D eigenvalue weighted by atomic mass is 10.1. The summed E-state index contributed by atoms with van der Waals surface area (Å²) in [6.07, 6.45) is -4.67. The zero-order valence-corrected chi connectivity index (χ0v) is 13.6. The molecule has 0 bridgehead atoms. The van der Waals surface area contributed by atoms with Crippen LogP contribution in [0.15, 0.2) is 36.4 Å². The van der Waals surface area contributed by atoms with E-state index in [0.29, 0.717) is 24.7 Å². The summed E-state index contributed by atoms with van der Waals surface area (Å²) in [4.78, 5) is 2.17. The third-order valence-corrected chi connectivity index (χ3v) is 4.04. The Kier molecular flexibility index (Phi) is 4.60. The minimum absolute atomic E-state index is 0.218. The third-order valence-electron chi connectivity index (χ3n) is 3.82. The fraction of sp³-hybridized carbons (Fsp3) is 0.294. The second-order valence-electron chi connectivity index (χ2n) is 5.58. The number of ether oxygens (including phenoxy) is 2. The Hall–Kier alpha value is -1.92. The Labute approximate surface area is 142 Å².